The molecule has 0 fully saturated rings. The predicted octanol–water partition coefficient (Wildman–Crippen LogP) is 3.29. The van der Waals surface area contributed by atoms with E-state index in [0.717, 1.165) is 11.3 Å². The topological polar surface area (TPSA) is 76.6 Å². The lowest BCUT2D eigenvalue weighted by Gasteiger charge is -2.12. The maximum Gasteiger partial charge on any atom is 0.215 e. The third-order valence-corrected chi connectivity index (χ3v) is 4.51. The molecule has 0 amide bonds. The van der Waals surface area contributed by atoms with Crippen LogP contribution in [0.15, 0.2) is 59.8 Å². The summed E-state index contributed by atoms with van der Waals surface area (Å²) >= 11 is 1.35. The molecule has 0 bridgehead atoms. The fourth-order valence-electron chi connectivity index (χ4n) is 2.38. The molecule has 126 valence electrons. The lowest BCUT2D eigenvalue weighted by molar-refractivity contribution is 0.337. The Bertz CT molecular complexity index is 859. The average Bonchev–Trinajstić information content (AvgIpc) is 3.11. The van der Waals surface area contributed by atoms with Gasteiger partial charge in [0.1, 0.15) is 16.7 Å². The third-order valence-electron chi connectivity index (χ3n) is 3.49. The maximum atomic E-state index is 9.51. The zero-order valence-corrected chi connectivity index (χ0v) is 14.6. The zero-order chi connectivity index (χ0) is 17.5. The van der Waals surface area contributed by atoms with E-state index in [9.17, 15) is 5.26 Å². The number of benzene rings is 2. The number of nitrogens with zero attached hydrogens (tertiary/aromatic N) is 5. The van der Waals surface area contributed by atoms with E-state index in [0.29, 0.717) is 23.9 Å². The molecule has 0 saturated heterocycles. The van der Waals surface area contributed by atoms with Gasteiger partial charge in [-0.2, -0.15) is 9.94 Å². The lowest BCUT2D eigenvalue weighted by atomic mass is 10.1. The van der Waals surface area contributed by atoms with Crippen LogP contribution in [-0.4, -0.2) is 32.1 Å². The molecule has 0 N–H and O–H groups in total. The van der Waals surface area contributed by atoms with Crippen LogP contribution in [0, 0.1) is 11.3 Å². The molecule has 3 rings (SSSR count). The van der Waals surface area contributed by atoms with Crippen LogP contribution in [0.2, 0.25) is 0 Å². The number of hydrogen-bond acceptors (Lipinski definition) is 6. The Morgan fingerprint density at radius 2 is 1.92 bits per heavy atom. The van der Waals surface area contributed by atoms with Crippen LogP contribution >= 0.6 is 11.8 Å². The summed E-state index contributed by atoms with van der Waals surface area (Å²) in [6.45, 7) is 2.48. The van der Waals surface area contributed by atoms with Crippen LogP contribution in [-0.2, 0) is 6.42 Å². The molecule has 2 aromatic carbocycles. The normalized spacial score (nSPS) is 11.7. The molecule has 0 radical (unpaired) electrons. The van der Waals surface area contributed by atoms with Crippen LogP contribution < -0.4 is 4.74 Å². The fraction of sp³-hybridized carbons (Fsp3) is 0.222. The van der Waals surface area contributed by atoms with E-state index in [-0.39, 0.29) is 5.25 Å². The smallest absolute Gasteiger partial charge is 0.215 e. The SMILES string of the molecule is CCOc1ccccc1-n1nnnc1SC(C#N)Cc1ccccc1. The highest BCUT2D eigenvalue weighted by Crippen LogP contribution is 2.29. The molecule has 0 aliphatic carbocycles. The summed E-state index contributed by atoms with van der Waals surface area (Å²) in [5.41, 5.74) is 1.86. The van der Waals surface area contributed by atoms with Crippen molar-refractivity contribution in [2.45, 2.75) is 23.8 Å². The number of rotatable bonds is 7. The minimum atomic E-state index is -0.286. The summed E-state index contributed by atoms with van der Waals surface area (Å²) in [6, 6.07) is 19.8. The summed E-state index contributed by atoms with van der Waals surface area (Å²) in [6.07, 6.45) is 0.627. The molecule has 1 atom stereocenters. The van der Waals surface area contributed by atoms with Gasteiger partial charge in [-0.15, -0.1) is 5.10 Å². The number of ether oxygens (including phenoxy) is 1. The first-order valence-corrected chi connectivity index (χ1v) is 8.80. The van der Waals surface area contributed by atoms with Gasteiger partial charge in [-0.1, -0.05) is 54.2 Å². The molecule has 6 nitrogen and oxygen atoms in total. The molecule has 0 spiro atoms. The van der Waals surface area contributed by atoms with Crippen molar-refractivity contribution in [3.63, 3.8) is 0 Å². The van der Waals surface area contributed by atoms with Gasteiger partial charge >= 0.3 is 0 Å². The highest BCUT2D eigenvalue weighted by Gasteiger charge is 2.18. The van der Waals surface area contributed by atoms with E-state index in [4.69, 9.17) is 4.74 Å². The number of thioether (sulfide) groups is 1. The number of tetrazole rings is 1. The van der Waals surface area contributed by atoms with Crippen LogP contribution in [0.5, 0.6) is 5.75 Å². The highest BCUT2D eigenvalue weighted by atomic mass is 32.2. The van der Waals surface area contributed by atoms with Crippen molar-refractivity contribution in [3.8, 4) is 17.5 Å². The van der Waals surface area contributed by atoms with Crippen molar-refractivity contribution in [1.29, 1.82) is 5.26 Å². The Balaban J connectivity index is 1.83. The van der Waals surface area contributed by atoms with Gasteiger partial charge in [0.05, 0.1) is 12.7 Å². The van der Waals surface area contributed by atoms with Gasteiger partial charge in [-0.05, 0) is 41.5 Å². The monoisotopic (exact) mass is 351 g/mol. The second kappa shape index (κ2) is 8.31. The Morgan fingerprint density at radius 3 is 2.68 bits per heavy atom. The molecule has 25 heavy (non-hydrogen) atoms. The Labute approximate surface area is 150 Å². The molecule has 7 heteroatoms. The van der Waals surface area contributed by atoms with Gasteiger partial charge in [0.2, 0.25) is 5.16 Å². The largest absolute Gasteiger partial charge is 0.492 e. The molecular weight excluding hydrogens is 334 g/mol. The van der Waals surface area contributed by atoms with Crippen molar-refractivity contribution in [3.05, 3.63) is 60.2 Å². The second-order valence-corrected chi connectivity index (χ2v) is 6.37. The number of nitriles is 1. The Hall–Kier alpha value is -2.85. The summed E-state index contributed by atoms with van der Waals surface area (Å²) < 4.78 is 7.27. The first-order chi connectivity index (χ1) is 12.3. The molecule has 1 aromatic heterocycles. The molecule has 1 heterocycles. The molecule has 1 unspecified atom stereocenters. The first-order valence-electron chi connectivity index (χ1n) is 7.92. The van der Waals surface area contributed by atoms with E-state index in [2.05, 4.69) is 21.6 Å². The summed E-state index contributed by atoms with van der Waals surface area (Å²) in [5, 5.41) is 21.7. The minimum Gasteiger partial charge on any atom is -0.492 e. The van der Waals surface area contributed by atoms with Gasteiger partial charge < -0.3 is 4.74 Å². The van der Waals surface area contributed by atoms with Crippen LogP contribution in [0.25, 0.3) is 5.69 Å². The molecule has 0 saturated carbocycles. The predicted molar refractivity (Wildman–Crippen MR) is 95.7 cm³/mol. The zero-order valence-electron chi connectivity index (χ0n) is 13.7. The molecule has 3 aromatic rings. The van der Waals surface area contributed by atoms with Crippen LogP contribution in [0.3, 0.4) is 0 Å². The molecular formula is C18H17N5OS. The van der Waals surface area contributed by atoms with E-state index >= 15 is 0 Å². The van der Waals surface area contributed by atoms with Gasteiger partial charge in [0.15, 0.2) is 0 Å². The van der Waals surface area contributed by atoms with E-state index in [1.165, 1.54) is 11.8 Å². The van der Waals surface area contributed by atoms with E-state index < -0.39 is 0 Å². The Kier molecular flexibility index (Phi) is 5.65. The van der Waals surface area contributed by atoms with Crippen molar-refractivity contribution >= 4 is 11.8 Å². The van der Waals surface area contributed by atoms with Crippen LogP contribution in [0.1, 0.15) is 12.5 Å². The van der Waals surface area contributed by atoms with Crippen molar-refractivity contribution in [2.24, 2.45) is 0 Å². The lowest BCUT2D eigenvalue weighted by Crippen LogP contribution is -2.08. The van der Waals surface area contributed by atoms with Gasteiger partial charge in [0.25, 0.3) is 0 Å². The third kappa shape index (κ3) is 4.17. The van der Waals surface area contributed by atoms with Gasteiger partial charge in [-0.3, -0.25) is 0 Å². The fourth-order valence-corrected chi connectivity index (χ4v) is 3.28. The maximum absolute atomic E-state index is 9.51. The average molecular weight is 351 g/mol. The van der Waals surface area contributed by atoms with Gasteiger partial charge in [0, 0.05) is 0 Å². The van der Waals surface area contributed by atoms with Crippen molar-refractivity contribution < 1.29 is 4.74 Å². The summed E-state index contributed by atoms with van der Waals surface area (Å²) in [4.78, 5) is 0. The standard InChI is InChI=1S/C18H17N5OS/c1-2-24-17-11-7-6-10-16(17)23-18(20-21-22-23)25-15(13-19)12-14-8-4-3-5-9-14/h3-11,15H,2,12H2,1H3. The van der Waals surface area contributed by atoms with E-state index in [1.807, 2.05) is 61.5 Å². The Morgan fingerprint density at radius 1 is 1.16 bits per heavy atom. The number of hydrogen-bond donors (Lipinski definition) is 0. The first kappa shape index (κ1) is 17.0. The van der Waals surface area contributed by atoms with E-state index in [1.54, 1.807) is 4.68 Å². The highest BCUT2D eigenvalue weighted by molar-refractivity contribution is 8.00. The van der Waals surface area contributed by atoms with Crippen molar-refractivity contribution in [1.82, 2.24) is 20.2 Å². The summed E-state index contributed by atoms with van der Waals surface area (Å²) in [5.74, 6) is 0.704. The van der Waals surface area contributed by atoms with Gasteiger partial charge in [-0.25, -0.2) is 0 Å². The number of para-hydroxylation sites is 2. The van der Waals surface area contributed by atoms with Crippen molar-refractivity contribution in [2.75, 3.05) is 6.61 Å². The quantitative estimate of drug-likeness (QED) is 0.608. The minimum absolute atomic E-state index is 0.286. The summed E-state index contributed by atoms with van der Waals surface area (Å²) in [7, 11) is 0. The second-order valence-electron chi connectivity index (χ2n) is 5.20. The molecule has 0 aliphatic rings. The van der Waals surface area contributed by atoms with Crippen LogP contribution in [0.4, 0.5) is 0 Å². The number of aromatic nitrogens is 4. The molecule has 0 aliphatic heterocycles.